The molecule has 0 fully saturated rings. The highest BCUT2D eigenvalue weighted by molar-refractivity contribution is 6.02. The van der Waals surface area contributed by atoms with Crippen molar-refractivity contribution in [1.82, 2.24) is 9.97 Å². The minimum Gasteiger partial charge on any atom is -0.362 e. The van der Waals surface area contributed by atoms with Gasteiger partial charge in [-0.05, 0) is 18.9 Å². The molecule has 0 aliphatic carbocycles. The summed E-state index contributed by atoms with van der Waals surface area (Å²) in [4.78, 5) is 18.7. The third-order valence-electron chi connectivity index (χ3n) is 4.01. The molecular formula is C18H21F3N4O. The summed E-state index contributed by atoms with van der Waals surface area (Å²) in [6.45, 7) is 3.18. The maximum Gasteiger partial charge on any atom is 0.270 e. The van der Waals surface area contributed by atoms with Crippen molar-refractivity contribution in [2.75, 3.05) is 12.0 Å². The summed E-state index contributed by atoms with van der Waals surface area (Å²) >= 11 is 0. The molecule has 3 N–H and O–H groups in total. The van der Waals surface area contributed by atoms with Gasteiger partial charge in [0.25, 0.3) is 11.5 Å². The van der Waals surface area contributed by atoms with Gasteiger partial charge in [-0.25, -0.2) is 18.2 Å². The quantitative estimate of drug-likeness (QED) is 0.646. The number of H-pyrrole nitrogens is 1. The van der Waals surface area contributed by atoms with Crippen LogP contribution in [0, 0.1) is 12.3 Å². The molecule has 0 aliphatic rings. The van der Waals surface area contributed by atoms with Crippen LogP contribution in [0.3, 0.4) is 0 Å². The van der Waals surface area contributed by atoms with E-state index in [2.05, 4.69) is 15.3 Å². The number of aryl methyl sites for hydroxylation is 1. The van der Waals surface area contributed by atoms with Gasteiger partial charge in [0, 0.05) is 12.5 Å². The van der Waals surface area contributed by atoms with Crippen molar-refractivity contribution in [3.8, 4) is 0 Å². The van der Waals surface area contributed by atoms with E-state index in [1.54, 1.807) is 19.1 Å². The highest BCUT2D eigenvalue weighted by atomic mass is 19.3. The number of aromatic amines is 1. The number of nitrogens with zero attached hydrogens (tertiary/aromatic N) is 1. The summed E-state index contributed by atoms with van der Waals surface area (Å²) in [5, 5.41) is 10.7. The lowest BCUT2D eigenvalue weighted by Gasteiger charge is -2.21. The third kappa shape index (κ3) is 4.30. The molecule has 26 heavy (non-hydrogen) atoms. The number of anilines is 1. The summed E-state index contributed by atoms with van der Waals surface area (Å²) in [7, 11) is 0. The molecule has 8 heteroatoms. The van der Waals surface area contributed by atoms with Crippen LogP contribution in [-0.2, 0) is 5.92 Å². The van der Waals surface area contributed by atoms with Crippen LogP contribution >= 0.6 is 0 Å². The number of nitrogens with one attached hydrogen (secondary N) is 3. The molecule has 1 aromatic heterocycles. The zero-order chi connectivity index (χ0) is 19.5. The Morgan fingerprint density at radius 2 is 1.96 bits per heavy atom. The molecule has 2 aromatic rings. The van der Waals surface area contributed by atoms with Crippen LogP contribution in [0.4, 0.5) is 19.0 Å². The molecule has 2 rings (SSSR count). The van der Waals surface area contributed by atoms with Gasteiger partial charge < -0.3 is 15.7 Å². The van der Waals surface area contributed by atoms with Crippen LogP contribution in [-0.4, -0.2) is 22.4 Å². The summed E-state index contributed by atoms with van der Waals surface area (Å²) in [5.41, 5.74) is -0.608. The summed E-state index contributed by atoms with van der Waals surface area (Å²) < 4.78 is 39.7. The molecule has 1 aromatic carbocycles. The van der Waals surface area contributed by atoms with Crippen molar-refractivity contribution in [3.63, 3.8) is 0 Å². The van der Waals surface area contributed by atoms with E-state index in [9.17, 15) is 18.0 Å². The van der Waals surface area contributed by atoms with Gasteiger partial charge in [0.2, 0.25) is 0 Å². The second-order valence-electron chi connectivity index (χ2n) is 6.10. The lowest BCUT2D eigenvalue weighted by molar-refractivity contribution is 0.0174. The summed E-state index contributed by atoms with van der Waals surface area (Å²) in [6.07, 6.45) is 0.567. The first-order valence-electron chi connectivity index (χ1n) is 8.16. The molecular weight excluding hydrogens is 345 g/mol. The fourth-order valence-electron chi connectivity index (χ4n) is 2.63. The van der Waals surface area contributed by atoms with Gasteiger partial charge >= 0.3 is 0 Å². The molecule has 5 nitrogen and oxygen atoms in total. The van der Waals surface area contributed by atoms with Crippen LogP contribution in [0.5, 0.6) is 0 Å². The van der Waals surface area contributed by atoms with Crippen LogP contribution in [0.2, 0.25) is 0 Å². The van der Waals surface area contributed by atoms with Gasteiger partial charge in [0.1, 0.15) is 23.9 Å². The smallest absolute Gasteiger partial charge is 0.270 e. The Hall–Kier alpha value is -2.64. The zero-order valence-corrected chi connectivity index (χ0v) is 14.8. The number of halogens is 3. The summed E-state index contributed by atoms with van der Waals surface area (Å²) in [6, 6.07) is 5.51. The van der Waals surface area contributed by atoms with Gasteiger partial charge in [0.05, 0.1) is 11.8 Å². The van der Waals surface area contributed by atoms with Gasteiger partial charge in [-0.15, -0.1) is 0 Å². The first-order valence-corrected chi connectivity index (χ1v) is 8.16. The SMILES string of the molecule is CCC(Nc1nc(C)[nH]c(=O)c1C(=N)CF)c1ccc(C(C)(F)F)cc1. The molecule has 1 atom stereocenters. The van der Waals surface area contributed by atoms with E-state index in [1.165, 1.54) is 12.1 Å². The number of hydrogen-bond acceptors (Lipinski definition) is 4. The first kappa shape index (κ1) is 19.7. The van der Waals surface area contributed by atoms with E-state index in [0.717, 1.165) is 12.5 Å². The molecule has 0 amide bonds. The molecule has 0 radical (unpaired) electrons. The van der Waals surface area contributed by atoms with Crippen LogP contribution in [0.15, 0.2) is 29.1 Å². The van der Waals surface area contributed by atoms with Gasteiger partial charge in [-0.2, -0.15) is 0 Å². The van der Waals surface area contributed by atoms with Crippen molar-refractivity contribution < 1.29 is 13.2 Å². The average molecular weight is 366 g/mol. The van der Waals surface area contributed by atoms with E-state index in [0.29, 0.717) is 12.2 Å². The highest BCUT2D eigenvalue weighted by Crippen LogP contribution is 2.29. The first-order chi connectivity index (χ1) is 12.2. The Labute approximate surface area is 149 Å². The molecule has 0 saturated heterocycles. The van der Waals surface area contributed by atoms with Crippen LogP contribution in [0.25, 0.3) is 0 Å². The van der Waals surface area contributed by atoms with Gasteiger partial charge in [-0.3, -0.25) is 4.79 Å². The van der Waals surface area contributed by atoms with E-state index in [4.69, 9.17) is 5.41 Å². The highest BCUT2D eigenvalue weighted by Gasteiger charge is 2.24. The average Bonchev–Trinajstić information content (AvgIpc) is 2.58. The number of aromatic nitrogens is 2. The van der Waals surface area contributed by atoms with Crippen molar-refractivity contribution in [1.29, 1.82) is 5.41 Å². The van der Waals surface area contributed by atoms with E-state index in [-0.39, 0.29) is 23.0 Å². The van der Waals surface area contributed by atoms with Crippen molar-refractivity contribution in [3.05, 3.63) is 57.1 Å². The second kappa shape index (κ2) is 7.72. The van der Waals surface area contributed by atoms with Gasteiger partial charge in [-0.1, -0.05) is 31.2 Å². The topological polar surface area (TPSA) is 81.6 Å². The van der Waals surface area contributed by atoms with Crippen molar-refractivity contribution in [2.24, 2.45) is 0 Å². The molecule has 0 bridgehead atoms. The predicted octanol–water partition coefficient (Wildman–Crippen LogP) is 4.09. The third-order valence-corrected chi connectivity index (χ3v) is 4.01. The fraction of sp³-hybridized carbons (Fsp3) is 0.389. The standard InChI is InChI=1S/C18H21F3N4O/c1-4-14(11-5-7-12(8-6-11)18(3,20)21)25-16-15(13(22)9-19)17(26)24-10(2)23-16/h5-8,14,22H,4,9H2,1-3H3,(H2,23,24,25,26). The minimum atomic E-state index is -2.93. The van der Waals surface area contributed by atoms with Gasteiger partial charge in [0.15, 0.2) is 0 Å². The predicted molar refractivity (Wildman–Crippen MR) is 95.1 cm³/mol. The lowest BCUT2D eigenvalue weighted by atomic mass is 10.0. The summed E-state index contributed by atoms with van der Waals surface area (Å²) in [5.74, 6) is -2.50. The molecule has 0 saturated carbocycles. The molecule has 0 spiro atoms. The Balaban J connectivity index is 2.39. The normalized spacial score (nSPS) is 12.7. The maximum absolute atomic E-state index is 13.4. The Morgan fingerprint density at radius 1 is 1.35 bits per heavy atom. The van der Waals surface area contributed by atoms with Crippen molar-refractivity contribution in [2.45, 2.75) is 39.2 Å². The number of benzene rings is 1. The molecule has 1 heterocycles. The second-order valence-corrected chi connectivity index (χ2v) is 6.10. The van der Waals surface area contributed by atoms with Crippen LogP contribution in [0.1, 0.15) is 48.8 Å². The van der Waals surface area contributed by atoms with E-state index in [1.807, 2.05) is 6.92 Å². The fourth-order valence-corrected chi connectivity index (χ4v) is 2.63. The zero-order valence-electron chi connectivity index (χ0n) is 14.8. The number of rotatable bonds is 7. The van der Waals surface area contributed by atoms with E-state index >= 15 is 0 Å². The largest absolute Gasteiger partial charge is 0.362 e. The Morgan fingerprint density at radius 3 is 2.46 bits per heavy atom. The maximum atomic E-state index is 13.4. The molecule has 140 valence electrons. The minimum absolute atomic E-state index is 0.0962. The van der Waals surface area contributed by atoms with Crippen LogP contribution < -0.4 is 10.9 Å². The molecule has 1 unspecified atom stereocenters. The number of hydrogen-bond donors (Lipinski definition) is 3. The van der Waals surface area contributed by atoms with Crippen molar-refractivity contribution >= 4 is 11.5 Å². The lowest BCUT2D eigenvalue weighted by Crippen LogP contribution is -2.25. The Bertz CT molecular complexity index is 841. The number of alkyl halides is 3. The monoisotopic (exact) mass is 366 g/mol. The molecule has 0 aliphatic heterocycles. The van der Waals surface area contributed by atoms with E-state index < -0.39 is 23.9 Å². The Kier molecular flexibility index (Phi) is 5.84.